The van der Waals surface area contributed by atoms with Crippen LogP contribution in [0.3, 0.4) is 0 Å². The number of aromatic nitrogens is 2. The number of piperidine rings is 1. The summed E-state index contributed by atoms with van der Waals surface area (Å²) in [4.78, 5) is 6.60. The van der Waals surface area contributed by atoms with Crippen LogP contribution in [0.4, 0.5) is 13.2 Å². The normalized spacial score (nSPS) is 18.9. The Hall–Kier alpha value is -2.20. The molecular formula is C15H14F3N3O3S. The lowest BCUT2D eigenvalue weighted by Gasteiger charge is -2.31. The second kappa shape index (κ2) is 6.96. The van der Waals surface area contributed by atoms with Crippen LogP contribution in [0, 0.1) is 17.5 Å². The molecule has 1 aromatic heterocycles. The molecular weight excluding hydrogens is 359 g/mol. The van der Waals surface area contributed by atoms with Crippen LogP contribution < -0.4 is 4.74 Å². The van der Waals surface area contributed by atoms with Crippen molar-refractivity contribution in [1.82, 2.24) is 14.3 Å². The maximum absolute atomic E-state index is 13.8. The summed E-state index contributed by atoms with van der Waals surface area (Å²) in [5.41, 5.74) is 0. The molecule has 0 saturated carbocycles. The van der Waals surface area contributed by atoms with Crippen molar-refractivity contribution in [1.29, 1.82) is 0 Å². The molecule has 134 valence electrons. The van der Waals surface area contributed by atoms with Crippen molar-refractivity contribution in [2.45, 2.75) is 23.8 Å². The zero-order valence-corrected chi connectivity index (χ0v) is 13.7. The Kier molecular flexibility index (Phi) is 4.91. The minimum Gasteiger partial charge on any atom is -0.459 e. The third-order valence-electron chi connectivity index (χ3n) is 3.72. The maximum atomic E-state index is 13.8. The van der Waals surface area contributed by atoms with Gasteiger partial charge in [-0.25, -0.2) is 31.6 Å². The van der Waals surface area contributed by atoms with Gasteiger partial charge in [-0.1, -0.05) is 0 Å². The van der Waals surface area contributed by atoms with E-state index in [0.717, 1.165) is 28.8 Å². The van der Waals surface area contributed by atoms with Crippen LogP contribution in [0.15, 0.2) is 35.5 Å². The zero-order chi connectivity index (χ0) is 18.0. The highest BCUT2D eigenvalue weighted by atomic mass is 32.2. The summed E-state index contributed by atoms with van der Waals surface area (Å²) in [7, 11) is -4.21. The third-order valence-corrected chi connectivity index (χ3v) is 5.60. The molecule has 1 atom stereocenters. The van der Waals surface area contributed by atoms with E-state index >= 15 is 0 Å². The van der Waals surface area contributed by atoms with Crippen LogP contribution in [-0.2, 0) is 10.0 Å². The number of sulfonamides is 1. The molecule has 2 aromatic rings. The highest BCUT2D eigenvalue weighted by molar-refractivity contribution is 7.89. The summed E-state index contributed by atoms with van der Waals surface area (Å²) in [6.45, 7) is 0.0848. The molecule has 2 heterocycles. The lowest BCUT2D eigenvalue weighted by molar-refractivity contribution is 0.118. The monoisotopic (exact) mass is 373 g/mol. The summed E-state index contributed by atoms with van der Waals surface area (Å²) < 4.78 is 71.6. The van der Waals surface area contributed by atoms with Gasteiger partial charge in [-0.15, -0.1) is 0 Å². The van der Waals surface area contributed by atoms with Crippen molar-refractivity contribution in [2.75, 3.05) is 13.1 Å². The van der Waals surface area contributed by atoms with Crippen LogP contribution in [0.5, 0.6) is 6.01 Å². The smallest absolute Gasteiger partial charge is 0.316 e. The molecule has 1 fully saturated rings. The largest absolute Gasteiger partial charge is 0.459 e. The van der Waals surface area contributed by atoms with E-state index in [1.54, 1.807) is 0 Å². The van der Waals surface area contributed by atoms with Gasteiger partial charge in [0.2, 0.25) is 10.0 Å². The average molecular weight is 373 g/mol. The highest BCUT2D eigenvalue weighted by Crippen LogP contribution is 2.25. The molecule has 1 aliphatic heterocycles. The lowest BCUT2D eigenvalue weighted by Crippen LogP contribution is -2.44. The minimum absolute atomic E-state index is 0.0704. The van der Waals surface area contributed by atoms with Gasteiger partial charge in [0.15, 0.2) is 5.82 Å². The minimum atomic E-state index is -4.21. The lowest BCUT2D eigenvalue weighted by atomic mass is 10.1. The number of halogens is 3. The zero-order valence-electron chi connectivity index (χ0n) is 12.9. The Morgan fingerprint density at radius 1 is 1.12 bits per heavy atom. The van der Waals surface area contributed by atoms with E-state index in [0.29, 0.717) is 18.9 Å². The van der Waals surface area contributed by atoms with Crippen molar-refractivity contribution >= 4 is 10.0 Å². The molecule has 25 heavy (non-hydrogen) atoms. The topological polar surface area (TPSA) is 72.4 Å². The van der Waals surface area contributed by atoms with Crippen molar-refractivity contribution in [2.24, 2.45) is 0 Å². The average Bonchev–Trinajstić information content (AvgIpc) is 2.59. The van der Waals surface area contributed by atoms with Crippen LogP contribution in [0.2, 0.25) is 0 Å². The van der Waals surface area contributed by atoms with E-state index in [1.807, 2.05) is 0 Å². The summed E-state index contributed by atoms with van der Waals surface area (Å²) in [5.74, 6) is -2.49. The molecule has 0 radical (unpaired) electrons. The van der Waals surface area contributed by atoms with E-state index in [2.05, 4.69) is 9.97 Å². The fourth-order valence-electron chi connectivity index (χ4n) is 2.54. The molecule has 0 N–H and O–H groups in total. The van der Waals surface area contributed by atoms with Gasteiger partial charge < -0.3 is 4.74 Å². The Bertz CT molecular complexity index is 862. The van der Waals surface area contributed by atoms with E-state index in [-0.39, 0.29) is 19.1 Å². The van der Waals surface area contributed by atoms with Gasteiger partial charge in [0.05, 0.1) is 18.9 Å². The van der Waals surface area contributed by atoms with E-state index in [4.69, 9.17) is 4.74 Å². The molecule has 6 nitrogen and oxygen atoms in total. The number of hydrogen-bond donors (Lipinski definition) is 0. The highest BCUT2D eigenvalue weighted by Gasteiger charge is 2.33. The fraction of sp³-hybridized carbons (Fsp3) is 0.333. The summed E-state index contributed by atoms with van der Waals surface area (Å²) in [6, 6.07) is 2.19. The van der Waals surface area contributed by atoms with Crippen molar-refractivity contribution < 1.29 is 26.3 Å². The Morgan fingerprint density at radius 3 is 2.56 bits per heavy atom. The van der Waals surface area contributed by atoms with Gasteiger partial charge in [0.25, 0.3) is 0 Å². The molecule has 0 spiro atoms. The molecule has 0 amide bonds. The summed E-state index contributed by atoms with van der Waals surface area (Å²) in [5, 5.41) is 0. The predicted octanol–water partition coefficient (Wildman–Crippen LogP) is 2.13. The number of hydrogen-bond acceptors (Lipinski definition) is 5. The first-order valence-corrected chi connectivity index (χ1v) is 8.89. The molecule has 0 aliphatic carbocycles. The third kappa shape index (κ3) is 3.90. The predicted molar refractivity (Wildman–Crippen MR) is 80.8 cm³/mol. The van der Waals surface area contributed by atoms with Gasteiger partial charge in [-0.05, 0) is 31.0 Å². The molecule has 1 aliphatic rings. The number of ether oxygens (including phenoxy) is 1. The molecule has 0 bridgehead atoms. The van der Waals surface area contributed by atoms with E-state index < -0.39 is 38.5 Å². The van der Waals surface area contributed by atoms with E-state index in [9.17, 15) is 21.6 Å². The first-order chi connectivity index (χ1) is 11.9. The molecule has 10 heteroatoms. The molecule has 1 aromatic carbocycles. The van der Waals surface area contributed by atoms with Crippen LogP contribution in [0.25, 0.3) is 0 Å². The quantitative estimate of drug-likeness (QED) is 0.821. The fourth-order valence-corrected chi connectivity index (χ4v) is 4.13. The summed E-state index contributed by atoms with van der Waals surface area (Å²) >= 11 is 0. The van der Waals surface area contributed by atoms with Crippen LogP contribution >= 0.6 is 0 Å². The molecule has 3 rings (SSSR count). The number of rotatable bonds is 4. The second-order valence-electron chi connectivity index (χ2n) is 5.50. The van der Waals surface area contributed by atoms with Crippen molar-refractivity contribution in [3.8, 4) is 6.01 Å². The van der Waals surface area contributed by atoms with Crippen LogP contribution in [0.1, 0.15) is 12.8 Å². The van der Waals surface area contributed by atoms with Gasteiger partial charge in [0.1, 0.15) is 22.6 Å². The first kappa shape index (κ1) is 17.6. The van der Waals surface area contributed by atoms with Crippen molar-refractivity contribution in [3.05, 3.63) is 48.0 Å². The second-order valence-corrected chi connectivity index (χ2v) is 7.41. The number of benzene rings is 1. The van der Waals surface area contributed by atoms with Crippen LogP contribution in [-0.4, -0.2) is 41.9 Å². The standard InChI is InChI=1S/C15H14F3N3O3S/c16-10-3-4-13(18)14(6-10)25(22,23)21-5-1-2-12(9-21)24-15-19-7-11(17)8-20-15/h3-4,6-8,12H,1-2,5,9H2. The SMILES string of the molecule is O=S(=O)(c1cc(F)ccc1F)N1CCCC(Oc2ncc(F)cn2)C1. The first-order valence-electron chi connectivity index (χ1n) is 7.45. The van der Waals surface area contributed by atoms with Gasteiger partial charge in [-0.2, -0.15) is 4.31 Å². The molecule has 1 saturated heterocycles. The Morgan fingerprint density at radius 2 is 1.84 bits per heavy atom. The van der Waals surface area contributed by atoms with Gasteiger partial charge in [-0.3, -0.25) is 0 Å². The summed E-state index contributed by atoms with van der Waals surface area (Å²) in [6.07, 6.45) is 2.27. The maximum Gasteiger partial charge on any atom is 0.316 e. The van der Waals surface area contributed by atoms with Crippen molar-refractivity contribution in [3.63, 3.8) is 0 Å². The Labute approximate surface area is 142 Å². The Balaban J connectivity index is 1.78. The van der Waals surface area contributed by atoms with E-state index in [1.165, 1.54) is 0 Å². The molecule has 1 unspecified atom stereocenters. The number of nitrogens with zero attached hydrogens (tertiary/aromatic N) is 3. The van der Waals surface area contributed by atoms with Gasteiger partial charge in [0, 0.05) is 6.54 Å². The van der Waals surface area contributed by atoms with Gasteiger partial charge >= 0.3 is 6.01 Å².